The van der Waals surface area contributed by atoms with Crippen LogP contribution >= 0.6 is 0 Å². The molecule has 0 spiro atoms. The molecule has 0 aromatic rings. The lowest BCUT2D eigenvalue weighted by molar-refractivity contribution is 0.00803. The monoisotopic (exact) mass is 211 g/mol. The summed E-state index contributed by atoms with van der Waals surface area (Å²) in [5.41, 5.74) is 0. The topological polar surface area (TPSA) is 23.5 Å². The zero-order valence-corrected chi connectivity index (χ0v) is 10.3. The Hall–Kier alpha value is -0.0800. The fourth-order valence-electron chi connectivity index (χ4n) is 3.83. The largest absolute Gasteiger partial charge is 0.396 e. The van der Waals surface area contributed by atoms with E-state index in [-0.39, 0.29) is 0 Å². The minimum atomic E-state index is 0.386. The second-order valence-electron chi connectivity index (χ2n) is 5.60. The zero-order valence-electron chi connectivity index (χ0n) is 10.3. The van der Waals surface area contributed by atoms with Gasteiger partial charge in [-0.15, -0.1) is 0 Å². The Balaban J connectivity index is 2.13. The van der Waals surface area contributed by atoms with Crippen LogP contribution in [0.4, 0.5) is 0 Å². The van der Waals surface area contributed by atoms with E-state index in [0.29, 0.717) is 18.6 Å². The minimum Gasteiger partial charge on any atom is -0.396 e. The summed E-state index contributed by atoms with van der Waals surface area (Å²) in [4.78, 5) is 2.53. The summed E-state index contributed by atoms with van der Waals surface area (Å²) in [7, 11) is 2.25. The van der Waals surface area contributed by atoms with E-state index < -0.39 is 0 Å². The minimum absolute atomic E-state index is 0.386. The van der Waals surface area contributed by atoms with Crippen LogP contribution in [-0.2, 0) is 0 Å². The highest BCUT2D eigenvalue weighted by atomic mass is 16.3. The molecule has 3 unspecified atom stereocenters. The zero-order chi connectivity index (χ0) is 11.0. The van der Waals surface area contributed by atoms with Gasteiger partial charge in [-0.3, -0.25) is 0 Å². The number of piperidine rings is 1. The van der Waals surface area contributed by atoms with Gasteiger partial charge in [0.2, 0.25) is 0 Å². The highest BCUT2D eigenvalue weighted by molar-refractivity contribution is 4.99. The van der Waals surface area contributed by atoms with E-state index >= 15 is 0 Å². The van der Waals surface area contributed by atoms with E-state index in [1.807, 2.05) is 0 Å². The van der Waals surface area contributed by atoms with Crippen molar-refractivity contribution in [2.24, 2.45) is 17.8 Å². The van der Waals surface area contributed by atoms with Crippen LogP contribution in [0.2, 0.25) is 0 Å². The van der Waals surface area contributed by atoms with Crippen molar-refractivity contribution in [3.63, 3.8) is 0 Å². The molecule has 2 rings (SSSR count). The summed E-state index contributed by atoms with van der Waals surface area (Å²) in [5, 5.41) is 9.62. The molecule has 88 valence electrons. The second-order valence-corrected chi connectivity index (χ2v) is 5.60. The molecule has 2 nitrogen and oxygen atoms in total. The quantitative estimate of drug-likeness (QED) is 0.773. The van der Waals surface area contributed by atoms with Crippen LogP contribution in [-0.4, -0.2) is 35.7 Å². The average Bonchev–Trinajstić information content (AvgIpc) is 2.52. The van der Waals surface area contributed by atoms with Gasteiger partial charge < -0.3 is 10.0 Å². The Morgan fingerprint density at radius 1 is 1.40 bits per heavy atom. The fourth-order valence-corrected chi connectivity index (χ4v) is 3.83. The Labute approximate surface area is 93.7 Å². The van der Waals surface area contributed by atoms with Crippen molar-refractivity contribution >= 4 is 0 Å². The van der Waals surface area contributed by atoms with E-state index in [9.17, 15) is 5.11 Å². The maximum atomic E-state index is 9.62. The summed E-state index contributed by atoms with van der Waals surface area (Å²) < 4.78 is 0. The molecule has 2 heterocycles. The molecule has 2 aliphatic rings. The summed E-state index contributed by atoms with van der Waals surface area (Å²) >= 11 is 0. The van der Waals surface area contributed by atoms with Crippen LogP contribution < -0.4 is 0 Å². The van der Waals surface area contributed by atoms with Gasteiger partial charge in [-0.25, -0.2) is 0 Å². The molecule has 15 heavy (non-hydrogen) atoms. The van der Waals surface area contributed by atoms with Gasteiger partial charge in [0.1, 0.15) is 0 Å². The molecule has 0 saturated carbocycles. The van der Waals surface area contributed by atoms with Crippen LogP contribution in [0, 0.1) is 17.8 Å². The van der Waals surface area contributed by atoms with E-state index in [0.717, 1.165) is 17.9 Å². The molecular weight excluding hydrogens is 186 g/mol. The first-order valence-corrected chi connectivity index (χ1v) is 6.51. The number of rotatable bonds is 3. The summed E-state index contributed by atoms with van der Waals surface area (Å²) in [6.07, 6.45) is 5.22. The maximum absolute atomic E-state index is 9.62. The van der Waals surface area contributed by atoms with E-state index in [1.54, 1.807) is 0 Å². The van der Waals surface area contributed by atoms with Gasteiger partial charge in [-0.2, -0.15) is 0 Å². The number of hydrogen-bond donors (Lipinski definition) is 1. The van der Waals surface area contributed by atoms with Crippen LogP contribution in [0.5, 0.6) is 0 Å². The third-order valence-electron chi connectivity index (χ3n) is 5.07. The smallest absolute Gasteiger partial charge is 0.0477 e. The van der Waals surface area contributed by atoms with Crippen molar-refractivity contribution in [1.29, 1.82) is 0 Å². The Bertz CT molecular complexity index is 219. The van der Waals surface area contributed by atoms with Gasteiger partial charge in [-0.05, 0) is 38.1 Å². The SMILES string of the molecule is CCC(C)[C@@H]1CC2CCC([C@@H]1CO)N2C. The van der Waals surface area contributed by atoms with Gasteiger partial charge in [0.05, 0.1) is 0 Å². The van der Waals surface area contributed by atoms with Crippen molar-refractivity contribution in [3.8, 4) is 0 Å². The standard InChI is InChI=1S/C13H25NO/c1-4-9(2)11-7-10-5-6-13(14(10)3)12(11)8-15/h9-13,15H,4-8H2,1-3H3/t9?,10?,11-,12+,13?/m0/s1. The van der Waals surface area contributed by atoms with Crippen LogP contribution in [0.25, 0.3) is 0 Å². The number of hydrogen-bond acceptors (Lipinski definition) is 2. The summed E-state index contributed by atoms with van der Waals surface area (Å²) in [6.45, 7) is 5.02. The Kier molecular flexibility index (Phi) is 3.36. The first-order valence-electron chi connectivity index (χ1n) is 6.51. The molecule has 2 fully saturated rings. The van der Waals surface area contributed by atoms with E-state index in [4.69, 9.17) is 0 Å². The molecule has 0 radical (unpaired) electrons. The molecular formula is C13H25NO. The number of aliphatic hydroxyl groups is 1. The lowest BCUT2D eigenvalue weighted by Gasteiger charge is -2.44. The summed E-state index contributed by atoms with van der Waals surface area (Å²) in [6, 6.07) is 1.46. The molecule has 1 N–H and O–H groups in total. The maximum Gasteiger partial charge on any atom is 0.0477 e. The third kappa shape index (κ3) is 1.83. The molecule has 0 amide bonds. The summed E-state index contributed by atoms with van der Waals surface area (Å²) in [5.74, 6) is 2.07. The molecule has 2 saturated heterocycles. The van der Waals surface area contributed by atoms with Crippen molar-refractivity contribution in [1.82, 2.24) is 4.90 Å². The van der Waals surface area contributed by atoms with Crippen molar-refractivity contribution in [2.75, 3.05) is 13.7 Å². The molecule has 2 bridgehead atoms. The van der Waals surface area contributed by atoms with Gasteiger partial charge in [0.25, 0.3) is 0 Å². The van der Waals surface area contributed by atoms with Crippen LogP contribution in [0.1, 0.15) is 39.5 Å². The number of aliphatic hydroxyl groups excluding tert-OH is 1. The van der Waals surface area contributed by atoms with Gasteiger partial charge in [0, 0.05) is 24.6 Å². The van der Waals surface area contributed by atoms with Gasteiger partial charge >= 0.3 is 0 Å². The molecule has 2 heteroatoms. The fraction of sp³-hybridized carbons (Fsp3) is 1.00. The third-order valence-corrected chi connectivity index (χ3v) is 5.07. The van der Waals surface area contributed by atoms with Crippen LogP contribution in [0.3, 0.4) is 0 Å². The average molecular weight is 211 g/mol. The highest BCUT2D eigenvalue weighted by Crippen LogP contribution is 2.44. The number of nitrogens with zero attached hydrogens (tertiary/aromatic N) is 1. The van der Waals surface area contributed by atoms with Crippen molar-refractivity contribution in [2.45, 2.75) is 51.6 Å². The highest BCUT2D eigenvalue weighted by Gasteiger charge is 2.46. The van der Waals surface area contributed by atoms with Gasteiger partial charge in [0.15, 0.2) is 0 Å². The Morgan fingerprint density at radius 3 is 2.73 bits per heavy atom. The lowest BCUT2D eigenvalue weighted by atomic mass is 9.73. The van der Waals surface area contributed by atoms with Crippen molar-refractivity contribution < 1.29 is 5.11 Å². The van der Waals surface area contributed by atoms with Gasteiger partial charge in [-0.1, -0.05) is 20.3 Å². The molecule has 2 aliphatic heterocycles. The lowest BCUT2D eigenvalue weighted by Crippen LogP contribution is -2.49. The first-order chi connectivity index (χ1) is 7.19. The normalized spacial score (nSPS) is 43.2. The predicted octanol–water partition coefficient (Wildman–Crippen LogP) is 2.12. The van der Waals surface area contributed by atoms with Crippen LogP contribution in [0.15, 0.2) is 0 Å². The Morgan fingerprint density at radius 2 is 2.13 bits per heavy atom. The first kappa shape index (κ1) is 11.4. The van der Waals surface area contributed by atoms with E-state index in [1.165, 1.54) is 25.7 Å². The molecule has 0 aromatic heterocycles. The van der Waals surface area contributed by atoms with E-state index in [2.05, 4.69) is 25.8 Å². The molecule has 0 aromatic carbocycles. The molecule has 5 atom stereocenters. The predicted molar refractivity (Wildman–Crippen MR) is 62.7 cm³/mol. The molecule has 0 aliphatic carbocycles. The second kappa shape index (κ2) is 4.42. The van der Waals surface area contributed by atoms with Crippen molar-refractivity contribution in [3.05, 3.63) is 0 Å². The number of fused-ring (bicyclic) bond motifs is 2.